The van der Waals surface area contributed by atoms with E-state index in [0.717, 1.165) is 24.1 Å². The molecule has 1 aliphatic carbocycles. The number of sulfonamides is 1. The fourth-order valence-electron chi connectivity index (χ4n) is 2.65. The highest BCUT2D eigenvalue weighted by atomic mass is 32.2. The fourth-order valence-corrected chi connectivity index (χ4v) is 5.28. The third kappa shape index (κ3) is 3.56. The van der Waals surface area contributed by atoms with Crippen LogP contribution in [0.1, 0.15) is 37.5 Å². The van der Waals surface area contributed by atoms with Gasteiger partial charge >= 0.3 is 0 Å². The van der Waals surface area contributed by atoms with E-state index in [-0.39, 0.29) is 6.04 Å². The smallest absolute Gasteiger partial charge is 0.250 e. The first-order valence-corrected chi connectivity index (χ1v) is 9.18. The van der Waals surface area contributed by atoms with Crippen molar-refractivity contribution in [3.63, 3.8) is 0 Å². The Hall–Kier alpha value is -0.430. The number of rotatable bonds is 6. The van der Waals surface area contributed by atoms with Crippen molar-refractivity contribution in [3.8, 4) is 0 Å². The van der Waals surface area contributed by atoms with Gasteiger partial charge in [0.15, 0.2) is 0 Å². The number of hydrogen-bond donors (Lipinski definition) is 2. The molecule has 0 saturated heterocycles. The summed E-state index contributed by atoms with van der Waals surface area (Å²) in [5, 5.41) is 0. The van der Waals surface area contributed by atoms with E-state index in [9.17, 15) is 8.42 Å². The van der Waals surface area contributed by atoms with Gasteiger partial charge in [-0.3, -0.25) is 0 Å². The summed E-state index contributed by atoms with van der Waals surface area (Å²) in [5.74, 6) is 0.394. The van der Waals surface area contributed by atoms with Gasteiger partial charge in [-0.15, -0.1) is 11.3 Å². The molecule has 1 heterocycles. The Bertz CT molecular complexity index is 504. The Labute approximate surface area is 119 Å². The summed E-state index contributed by atoms with van der Waals surface area (Å²) in [6.45, 7) is 2.40. The Morgan fingerprint density at radius 2 is 2.11 bits per heavy atom. The molecule has 1 fully saturated rings. The average Bonchev–Trinajstić information content (AvgIpc) is 3.06. The van der Waals surface area contributed by atoms with E-state index in [1.165, 1.54) is 24.2 Å². The highest BCUT2D eigenvalue weighted by Crippen LogP contribution is 2.29. The largest absolute Gasteiger partial charge is 0.329 e. The molecule has 1 aromatic rings. The van der Waals surface area contributed by atoms with Crippen molar-refractivity contribution in [2.75, 3.05) is 6.54 Å². The van der Waals surface area contributed by atoms with E-state index in [0.29, 0.717) is 16.7 Å². The van der Waals surface area contributed by atoms with Crippen molar-refractivity contribution in [2.45, 2.75) is 49.3 Å². The summed E-state index contributed by atoms with van der Waals surface area (Å²) in [6.07, 6.45) is 5.39. The monoisotopic (exact) mass is 302 g/mol. The predicted molar refractivity (Wildman–Crippen MR) is 78.8 cm³/mol. The van der Waals surface area contributed by atoms with E-state index in [1.807, 2.05) is 13.0 Å². The molecule has 1 aromatic heterocycles. The van der Waals surface area contributed by atoms with Crippen molar-refractivity contribution < 1.29 is 8.42 Å². The topological polar surface area (TPSA) is 72.2 Å². The normalized spacial score (nSPS) is 18.8. The number of nitrogens with two attached hydrogens (primary N) is 1. The second-order valence-electron chi connectivity index (χ2n) is 5.08. The summed E-state index contributed by atoms with van der Waals surface area (Å²) < 4.78 is 27.9. The van der Waals surface area contributed by atoms with Gasteiger partial charge in [-0.2, -0.15) is 0 Å². The minimum Gasteiger partial charge on any atom is -0.329 e. The fraction of sp³-hybridized carbons (Fsp3) is 0.692. The highest BCUT2D eigenvalue weighted by Gasteiger charge is 2.28. The van der Waals surface area contributed by atoms with Crippen LogP contribution in [-0.4, -0.2) is 21.0 Å². The van der Waals surface area contributed by atoms with Crippen molar-refractivity contribution in [3.05, 3.63) is 17.0 Å². The first kappa shape index (κ1) is 15.0. The van der Waals surface area contributed by atoms with Gasteiger partial charge in [-0.1, -0.05) is 19.8 Å². The molecule has 1 aliphatic rings. The molecule has 0 aromatic carbocycles. The lowest BCUT2D eigenvalue weighted by Gasteiger charge is -2.22. The molecular weight excluding hydrogens is 280 g/mol. The first-order chi connectivity index (χ1) is 9.06. The maximum atomic E-state index is 12.3. The highest BCUT2D eigenvalue weighted by molar-refractivity contribution is 7.91. The van der Waals surface area contributed by atoms with E-state index >= 15 is 0 Å². The minimum atomic E-state index is -3.41. The predicted octanol–water partition coefficient (Wildman–Crippen LogP) is 2.11. The number of aryl methyl sites for hydroxylation is 1. The molecule has 1 saturated carbocycles. The van der Waals surface area contributed by atoms with Crippen LogP contribution in [0.5, 0.6) is 0 Å². The summed E-state index contributed by atoms with van der Waals surface area (Å²) in [7, 11) is -3.41. The molecule has 1 atom stereocenters. The van der Waals surface area contributed by atoms with Crippen LogP contribution in [0.15, 0.2) is 16.3 Å². The summed E-state index contributed by atoms with van der Waals surface area (Å²) in [6, 6.07) is 3.44. The Morgan fingerprint density at radius 1 is 1.42 bits per heavy atom. The Morgan fingerprint density at radius 3 is 2.63 bits per heavy atom. The zero-order valence-corrected chi connectivity index (χ0v) is 12.9. The summed E-state index contributed by atoms with van der Waals surface area (Å²) in [4.78, 5) is 1.09. The van der Waals surface area contributed by atoms with Crippen LogP contribution in [0.2, 0.25) is 0 Å². The van der Waals surface area contributed by atoms with Gasteiger partial charge in [-0.25, -0.2) is 13.1 Å². The van der Waals surface area contributed by atoms with Crippen molar-refractivity contribution in [1.29, 1.82) is 0 Å². The minimum absolute atomic E-state index is 0.125. The quantitative estimate of drug-likeness (QED) is 0.845. The molecule has 19 heavy (non-hydrogen) atoms. The van der Waals surface area contributed by atoms with E-state index in [2.05, 4.69) is 4.72 Å². The lowest BCUT2D eigenvalue weighted by Crippen LogP contribution is -2.44. The lowest BCUT2D eigenvalue weighted by molar-refractivity contribution is 0.406. The van der Waals surface area contributed by atoms with E-state index in [4.69, 9.17) is 5.73 Å². The van der Waals surface area contributed by atoms with Crippen LogP contribution in [0, 0.1) is 5.92 Å². The third-order valence-corrected chi connectivity index (χ3v) is 6.99. The van der Waals surface area contributed by atoms with Crippen molar-refractivity contribution >= 4 is 21.4 Å². The zero-order valence-electron chi connectivity index (χ0n) is 11.3. The molecule has 108 valence electrons. The van der Waals surface area contributed by atoms with Gasteiger partial charge in [0.2, 0.25) is 10.0 Å². The maximum Gasteiger partial charge on any atom is 0.250 e. The van der Waals surface area contributed by atoms with E-state index in [1.54, 1.807) is 6.07 Å². The van der Waals surface area contributed by atoms with Crippen LogP contribution in [0.4, 0.5) is 0 Å². The second-order valence-corrected chi connectivity index (χ2v) is 8.19. The van der Waals surface area contributed by atoms with E-state index < -0.39 is 10.0 Å². The van der Waals surface area contributed by atoms with Gasteiger partial charge in [0, 0.05) is 17.5 Å². The van der Waals surface area contributed by atoms with Gasteiger partial charge in [0.05, 0.1) is 0 Å². The summed E-state index contributed by atoms with van der Waals surface area (Å²) >= 11 is 1.34. The lowest BCUT2D eigenvalue weighted by atomic mass is 9.99. The molecule has 1 unspecified atom stereocenters. The Kier molecular flexibility index (Phi) is 5.00. The first-order valence-electron chi connectivity index (χ1n) is 6.88. The number of nitrogens with one attached hydrogen (secondary N) is 1. The molecule has 0 bridgehead atoms. The molecule has 0 radical (unpaired) electrons. The van der Waals surface area contributed by atoms with Crippen molar-refractivity contribution in [2.24, 2.45) is 11.7 Å². The molecular formula is C13H22N2O2S2. The van der Waals surface area contributed by atoms with Crippen LogP contribution < -0.4 is 10.5 Å². The maximum absolute atomic E-state index is 12.3. The standard InChI is InChI=1S/C13H22N2O2S2/c1-2-11-7-8-13(18-11)19(16,17)15-12(9-14)10-5-3-4-6-10/h7-8,10,12,15H,2-6,9,14H2,1H3. The van der Waals surface area contributed by atoms with Crippen LogP contribution in [0.25, 0.3) is 0 Å². The molecule has 0 spiro atoms. The molecule has 3 N–H and O–H groups in total. The van der Waals surface area contributed by atoms with Gasteiger partial charge in [0.25, 0.3) is 0 Å². The van der Waals surface area contributed by atoms with Gasteiger partial charge < -0.3 is 5.73 Å². The molecule has 4 nitrogen and oxygen atoms in total. The summed E-state index contributed by atoms with van der Waals surface area (Å²) in [5.41, 5.74) is 5.75. The van der Waals surface area contributed by atoms with Crippen LogP contribution in [-0.2, 0) is 16.4 Å². The second kappa shape index (κ2) is 6.35. The average molecular weight is 302 g/mol. The third-order valence-electron chi connectivity index (χ3n) is 3.78. The molecule has 0 amide bonds. The molecule has 6 heteroatoms. The number of thiophene rings is 1. The Balaban J connectivity index is 2.10. The van der Waals surface area contributed by atoms with Crippen molar-refractivity contribution in [1.82, 2.24) is 4.72 Å². The molecule has 2 rings (SSSR count). The van der Waals surface area contributed by atoms with Gasteiger partial charge in [0.1, 0.15) is 4.21 Å². The zero-order chi connectivity index (χ0) is 13.9. The van der Waals surface area contributed by atoms with Crippen LogP contribution >= 0.6 is 11.3 Å². The van der Waals surface area contributed by atoms with Crippen LogP contribution in [0.3, 0.4) is 0 Å². The SMILES string of the molecule is CCc1ccc(S(=O)(=O)NC(CN)C2CCCC2)s1. The van der Waals surface area contributed by atoms with Gasteiger partial charge in [-0.05, 0) is 37.3 Å². The molecule has 0 aliphatic heterocycles. The number of hydrogen-bond acceptors (Lipinski definition) is 4.